The molecule has 108 valence electrons. The zero-order chi connectivity index (χ0) is 14.4. The number of ether oxygens (including phenoxy) is 1. The molecular weight excluding hydrogens is 254 g/mol. The van der Waals surface area contributed by atoms with Gasteiger partial charge in [0.05, 0.1) is 7.11 Å². The second-order valence-corrected chi connectivity index (χ2v) is 5.11. The maximum absolute atomic E-state index is 12.1. The van der Waals surface area contributed by atoms with Crippen LogP contribution in [-0.4, -0.2) is 42.9 Å². The molecule has 20 heavy (non-hydrogen) atoms. The molecule has 0 spiro atoms. The fraction of sp³-hybridized carbons (Fsp3) is 0.500. The van der Waals surface area contributed by atoms with Crippen molar-refractivity contribution < 1.29 is 14.3 Å². The molecule has 0 aliphatic carbocycles. The summed E-state index contributed by atoms with van der Waals surface area (Å²) in [7, 11) is 1.42. The SMILES string of the molecule is COC(=O)C1CCCCN1CCC(=O)c1ccccc1. The van der Waals surface area contributed by atoms with E-state index in [1.165, 1.54) is 7.11 Å². The third-order valence-corrected chi connectivity index (χ3v) is 3.81. The summed E-state index contributed by atoms with van der Waals surface area (Å²) >= 11 is 0. The number of benzene rings is 1. The van der Waals surface area contributed by atoms with Gasteiger partial charge in [-0.3, -0.25) is 14.5 Å². The van der Waals surface area contributed by atoms with Crippen LogP contribution in [0.5, 0.6) is 0 Å². The van der Waals surface area contributed by atoms with Crippen molar-refractivity contribution in [3.63, 3.8) is 0 Å². The summed E-state index contributed by atoms with van der Waals surface area (Å²) in [5.74, 6) is -0.0587. The van der Waals surface area contributed by atoms with Crippen molar-refractivity contribution in [3.8, 4) is 0 Å². The number of methoxy groups -OCH3 is 1. The van der Waals surface area contributed by atoms with Gasteiger partial charge in [-0.1, -0.05) is 36.8 Å². The Labute approximate surface area is 119 Å². The van der Waals surface area contributed by atoms with Crippen LogP contribution in [0, 0.1) is 0 Å². The summed E-state index contributed by atoms with van der Waals surface area (Å²) in [6, 6.07) is 9.11. The molecule has 0 saturated carbocycles. The Morgan fingerprint density at radius 2 is 2.00 bits per heavy atom. The van der Waals surface area contributed by atoms with Gasteiger partial charge in [-0.15, -0.1) is 0 Å². The Hall–Kier alpha value is -1.68. The number of piperidine rings is 1. The van der Waals surface area contributed by atoms with Gasteiger partial charge >= 0.3 is 5.97 Å². The molecule has 0 N–H and O–H groups in total. The Kier molecular flexibility index (Phi) is 5.30. The third kappa shape index (κ3) is 3.67. The normalized spacial score (nSPS) is 19.6. The first-order chi connectivity index (χ1) is 9.72. The molecule has 0 aromatic heterocycles. The van der Waals surface area contributed by atoms with E-state index in [1.807, 2.05) is 30.3 Å². The van der Waals surface area contributed by atoms with Crippen molar-refractivity contribution in [3.05, 3.63) is 35.9 Å². The quantitative estimate of drug-likeness (QED) is 0.611. The number of esters is 1. The molecule has 1 unspecified atom stereocenters. The van der Waals surface area contributed by atoms with E-state index in [-0.39, 0.29) is 17.8 Å². The van der Waals surface area contributed by atoms with E-state index in [0.29, 0.717) is 13.0 Å². The number of nitrogens with zero attached hydrogens (tertiary/aromatic N) is 1. The number of hydrogen-bond donors (Lipinski definition) is 0. The summed E-state index contributed by atoms with van der Waals surface area (Å²) in [5.41, 5.74) is 0.735. The van der Waals surface area contributed by atoms with E-state index in [1.54, 1.807) is 0 Å². The molecule has 0 radical (unpaired) electrons. The third-order valence-electron chi connectivity index (χ3n) is 3.81. The number of likely N-dealkylation sites (tertiary alicyclic amines) is 1. The Balaban J connectivity index is 1.91. The zero-order valence-corrected chi connectivity index (χ0v) is 11.9. The Morgan fingerprint density at radius 1 is 1.25 bits per heavy atom. The van der Waals surface area contributed by atoms with E-state index in [0.717, 1.165) is 31.4 Å². The van der Waals surface area contributed by atoms with Gasteiger partial charge in [-0.05, 0) is 19.4 Å². The second-order valence-electron chi connectivity index (χ2n) is 5.11. The Bertz CT molecular complexity index is 458. The summed E-state index contributed by atoms with van der Waals surface area (Å²) in [6.07, 6.45) is 3.39. The molecule has 1 saturated heterocycles. The second kappa shape index (κ2) is 7.20. The van der Waals surface area contributed by atoms with E-state index < -0.39 is 0 Å². The number of ketones is 1. The van der Waals surface area contributed by atoms with E-state index >= 15 is 0 Å². The van der Waals surface area contributed by atoms with Crippen molar-refractivity contribution in [1.82, 2.24) is 4.90 Å². The Morgan fingerprint density at radius 3 is 2.70 bits per heavy atom. The molecular formula is C16H21NO3. The maximum atomic E-state index is 12.1. The van der Waals surface area contributed by atoms with Gasteiger partial charge in [-0.25, -0.2) is 0 Å². The topological polar surface area (TPSA) is 46.6 Å². The minimum absolute atomic E-state index is 0.125. The van der Waals surface area contributed by atoms with Crippen LogP contribution in [0.1, 0.15) is 36.0 Å². The summed E-state index contributed by atoms with van der Waals surface area (Å²) in [5, 5.41) is 0. The molecule has 1 fully saturated rings. The van der Waals surface area contributed by atoms with Crippen molar-refractivity contribution in [2.45, 2.75) is 31.7 Å². The first kappa shape index (κ1) is 14.7. The van der Waals surface area contributed by atoms with Gasteiger partial charge in [-0.2, -0.15) is 0 Å². The molecule has 1 aliphatic rings. The number of Topliss-reactive ketones (excluding diaryl/α,β-unsaturated/α-hetero) is 1. The van der Waals surface area contributed by atoms with Crippen LogP contribution in [-0.2, 0) is 9.53 Å². The highest BCUT2D eigenvalue weighted by molar-refractivity contribution is 5.96. The molecule has 2 rings (SSSR count). The number of hydrogen-bond acceptors (Lipinski definition) is 4. The lowest BCUT2D eigenvalue weighted by Gasteiger charge is -2.33. The molecule has 4 nitrogen and oxygen atoms in total. The highest BCUT2D eigenvalue weighted by Crippen LogP contribution is 2.18. The van der Waals surface area contributed by atoms with Crippen LogP contribution in [0.25, 0.3) is 0 Å². The van der Waals surface area contributed by atoms with Gasteiger partial charge < -0.3 is 4.74 Å². The molecule has 1 aliphatic heterocycles. The van der Waals surface area contributed by atoms with Gasteiger partial charge in [0.1, 0.15) is 6.04 Å². The number of carbonyl (C=O) groups is 2. The van der Waals surface area contributed by atoms with Crippen LogP contribution in [0.3, 0.4) is 0 Å². The largest absolute Gasteiger partial charge is 0.468 e. The molecule has 1 heterocycles. The first-order valence-corrected chi connectivity index (χ1v) is 7.12. The smallest absolute Gasteiger partial charge is 0.323 e. The molecule has 0 bridgehead atoms. The van der Waals surface area contributed by atoms with Crippen LogP contribution in [0.15, 0.2) is 30.3 Å². The van der Waals surface area contributed by atoms with E-state index in [4.69, 9.17) is 4.74 Å². The summed E-state index contributed by atoms with van der Waals surface area (Å²) in [6.45, 7) is 1.48. The van der Waals surface area contributed by atoms with E-state index in [2.05, 4.69) is 4.90 Å². The molecule has 4 heteroatoms. The van der Waals surface area contributed by atoms with E-state index in [9.17, 15) is 9.59 Å². The van der Waals surface area contributed by atoms with Crippen LogP contribution in [0.4, 0.5) is 0 Å². The molecule has 1 aromatic rings. The highest BCUT2D eigenvalue weighted by Gasteiger charge is 2.29. The average Bonchev–Trinajstić information content (AvgIpc) is 2.53. The van der Waals surface area contributed by atoms with Crippen molar-refractivity contribution in [2.75, 3.05) is 20.2 Å². The first-order valence-electron chi connectivity index (χ1n) is 7.12. The van der Waals surface area contributed by atoms with Crippen molar-refractivity contribution in [1.29, 1.82) is 0 Å². The van der Waals surface area contributed by atoms with Gasteiger partial charge in [0.25, 0.3) is 0 Å². The van der Waals surface area contributed by atoms with Gasteiger partial charge in [0, 0.05) is 18.5 Å². The maximum Gasteiger partial charge on any atom is 0.323 e. The molecule has 1 atom stereocenters. The van der Waals surface area contributed by atoms with Crippen LogP contribution >= 0.6 is 0 Å². The lowest BCUT2D eigenvalue weighted by atomic mass is 10.0. The van der Waals surface area contributed by atoms with Crippen LogP contribution in [0.2, 0.25) is 0 Å². The highest BCUT2D eigenvalue weighted by atomic mass is 16.5. The fourth-order valence-electron chi connectivity index (χ4n) is 2.68. The van der Waals surface area contributed by atoms with Gasteiger partial charge in [0.15, 0.2) is 5.78 Å². The summed E-state index contributed by atoms with van der Waals surface area (Å²) in [4.78, 5) is 25.9. The van der Waals surface area contributed by atoms with Gasteiger partial charge in [0.2, 0.25) is 0 Å². The fourth-order valence-corrected chi connectivity index (χ4v) is 2.68. The summed E-state index contributed by atoms with van der Waals surface area (Å²) < 4.78 is 4.85. The van der Waals surface area contributed by atoms with Crippen LogP contribution < -0.4 is 0 Å². The molecule has 0 amide bonds. The predicted octanol–water partition coefficient (Wildman–Crippen LogP) is 2.29. The number of rotatable bonds is 5. The predicted molar refractivity (Wildman–Crippen MR) is 76.6 cm³/mol. The monoisotopic (exact) mass is 275 g/mol. The molecule has 1 aromatic carbocycles. The minimum atomic E-state index is -0.183. The van der Waals surface area contributed by atoms with Crippen molar-refractivity contribution >= 4 is 11.8 Å². The zero-order valence-electron chi connectivity index (χ0n) is 11.9. The number of carbonyl (C=O) groups excluding carboxylic acids is 2. The average molecular weight is 275 g/mol. The van der Waals surface area contributed by atoms with Crippen molar-refractivity contribution in [2.24, 2.45) is 0 Å². The lowest BCUT2D eigenvalue weighted by molar-refractivity contribution is -0.148. The lowest BCUT2D eigenvalue weighted by Crippen LogP contribution is -2.45. The standard InChI is InChI=1S/C16H21NO3/c1-20-16(19)14-9-5-6-11-17(14)12-10-15(18)13-7-3-2-4-8-13/h2-4,7-8,14H,5-6,9-12H2,1H3. The minimum Gasteiger partial charge on any atom is -0.468 e.